The zero-order valence-corrected chi connectivity index (χ0v) is 16.9. The standard InChI is InChI=1S/C23H28N4O3/c24-18(14-16-8-3-1-4-9-16)22(29)26-19(15-17-10-5-2-6-11-17)23(30)27-13-7-12-20(27)21(25)28/h1-6,8-11,18-20H,7,12-15,24H2,(H2,25,28)(H,26,29)/t18-,19-,20?/m0/s1. The van der Waals surface area contributed by atoms with E-state index in [9.17, 15) is 14.4 Å². The van der Waals surface area contributed by atoms with Crippen molar-refractivity contribution in [2.45, 2.75) is 43.8 Å². The lowest BCUT2D eigenvalue weighted by molar-refractivity contribution is -0.140. The summed E-state index contributed by atoms with van der Waals surface area (Å²) in [6.07, 6.45) is 1.93. The first-order chi connectivity index (χ1) is 14.5. The molecule has 0 aliphatic carbocycles. The number of hydrogen-bond donors (Lipinski definition) is 3. The molecule has 0 radical (unpaired) electrons. The molecule has 3 rings (SSSR count). The highest BCUT2D eigenvalue weighted by molar-refractivity contribution is 5.93. The van der Waals surface area contributed by atoms with Crippen LogP contribution in [0.5, 0.6) is 0 Å². The Bertz CT molecular complexity index is 873. The Kier molecular flexibility index (Phi) is 7.19. The van der Waals surface area contributed by atoms with Gasteiger partial charge in [-0.3, -0.25) is 14.4 Å². The average Bonchev–Trinajstić information content (AvgIpc) is 3.24. The van der Waals surface area contributed by atoms with Crippen molar-refractivity contribution >= 4 is 17.7 Å². The van der Waals surface area contributed by atoms with Gasteiger partial charge < -0.3 is 21.7 Å². The van der Waals surface area contributed by atoms with Crippen LogP contribution in [0.2, 0.25) is 0 Å². The Labute approximate surface area is 176 Å². The number of benzene rings is 2. The Morgan fingerprint density at radius 2 is 1.53 bits per heavy atom. The number of carbonyl (C=O) groups is 3. The fraction of sp³-hybridized carbons (Fsp3) is 0.348. The third-order valence-electron chi connectivity index (χ3n) is 5.40. The number of rotatable bonds is 8. The molecule has 3 amide bonds. The molecular weight excluding hydrogens is 380 g/mol. The number of nitrogens with zero attached hydrogens (tertiary/aromatic N) is 1. The van der Waals surface area contributed by atoms with E-state index in [0.717, 1.165) is 11.1 Å². The van der Waals surface area contributed by atoms with Gasteiger partial charge in [0.25, 0.3) is 0 Å². The van der Waals surface area contributed by atoms with Gasteiger partial charge in [-0.15, -0.1) is 0 Å². The first-order valence-electron chi connectivity index (χ1n) is 10.2. The fourth-order valence-electron chi connectivity index (χ4n) is 3.82. The number of hydrogen-bond acceptors (Lipinski definition) is 4. The van der Waals surface area contributed by atoms with E-state index in [1.807, 2.05) is 60.7 Å². The second kappa shape index (κ2) is 10.0. The van der Waals surface area contributed by atoms with Crippen LogP contribution in [0.1, 0.15) is 24.0 Å². The van der Waals surface area contributed by atoms with Gasteiger partial charge in [-0.2, -0.15) is 0 Å². The minimum Gasteiger partial charge on any atom is -0.368 e. The van der Waals surface area contributed by atoms with Crippen LogP contribution in [0, 0.1) is 0 Å². The Hall–Kier alpha value is -3.19. The van der Waals surface area contributed by atoms with E-state index in [2.05, 4.69) is 5.32 Å². The maximum absolute atomic E-state index is 13.2. The Morgan fingerprint density at radius 1 is 0.967 bits per heavy atom. The smallest absolute Gasteiger partial charge is 0.246 e. The Balaban J connectivity index is 1.74. The predicted molar refractivity (Wildman–Crippen MR) is 114 cm³/mol. The van der Waals surface area contributed by atoms with Crippen LogP contribution in [-0.2, 0) is 27.2 Å². The molecule has 1 heterocycles. The molecule has 2 aromatic carbocycles. The van der Waals surface area contributed by atoms with Crippen molar-refractivity contribution in [3.63, 3.8) is 0 Å². The maximum Gasteiger partial charge on any atom is 0.246 e. The minimum absolute atomic E-state index is 0.305. The van der Waals surface area contributed by atoms with Crippen LogP contribution in [0.15, 0.2) is 60.7 Å². The highest BCUT2D eigenvalue weighted by atomic mass is 16.2. The van der Waals surface area contributed by atoms with Gasteiger partial charge in [0.2, 0.25) is 17.7 Å². The van der Waals surface area contributed by atoms with Crippen molar-refractivity contribution in [2.24, 2.45) is 11.5 Å². The summed E-state index contributed by atoms with van der Waals surface area (Å²) in [5.41, 5.74) is 13.4. The van der Waals surface area contributed by atoms with Gasteiger partial charge in [-0.1, -0.05) is 60.7 Å². The van der Waals surface area contributed by atoms with Crippen LogP contribution in [0.4, 0.5) is 0 Å². The van der Waals surface area contributed by atoms with E-state index in [1.54, 1.807) is 0 Å². The molecule has 1 aliphatic rings. The van der Waals surface area contributed by atoms with Crippen molar-refractivity contribution < 1.29 is 14.4 Å². The van der Waals surface area contributed by atoms with Crippen molar-refractivity contribution in [2.75, 3.05) is 6.54 Å². The summed E-state index contributed by atoms with van der Waals surface area (Å²) < 4.78 is 0. The zero-order valence-electron chi connectivity index (χ0n) is 16.9. The predicted octanol–water partition coefficient (Wildman–Crippen LogP) is 0.760. The van der Waals surface area contributed by atoms with E-state index in [1.165, 1.54) is 4.90 Å². The highest BCUT2D eigenvalue weighted by Crippen LogP contribution is 2.19. The molecule has 158 valence electrons. The molecule has 1 fully saturated rings. The third-order valence-corrected chi connectivity index (χ3v) is 5.40. The van der Waals surface area contributed by atoms with Crippen molar-refractivity contribution in [1.82, 2.24) is 10.2 Å². The molecule has 30 heavy (non-hydrogen) atoms. The average molecular weight is 409 g/mol. The molecule has 2 aromatic rings. The summed E-state index contributed by atoms with van der Waals surface area (Å²) in [4.78, 5) is 39.3. The van der Waals surface area contributed by atoms with Crippen LogP contribution < -0.4 is 16.8 Å². The molecule has 1 saturated heterocycles. The van der Waals surface area contributed by atoms with Crippen LogP contribution >= 0.6 is 0 Å². The number of carbonyl (C=O) groups excluding carboxylic acids is 3. The van der Waals surface area contributed by atoms with Crippen molar-refractivity contribution in [3.05, 3.63) is 71.8 Å². The van der Waals surface area contributed by atoms with E-state index in [4.69, 9.17) is 11.5 Å². The molecule has 0 spiro atoms. The molecule has 3 atom stereocenters. The highest BCUT2D eigenvalue weighted by Gasteiger charge is 2.37. The second-order valence-corrected chi connectivity index (χ2v) is 7.64. The summed E-state index contributed by atoms with van der Waals surface area (Å²) in [5.74, 6) is -1.23. The molecule has 1 aliphatic heterocycles. The first-order valence-corrected chi connectivity index (χ1v) is 10.2. The summed E-state index contributed by atoms with van der Waals surface area (Å²) in [6, 6.07) is 16.7. The van der Waals surface area contributed by atoms with Gasteiger partial charge in [-0.05, 0) is 30.4 Å². The fourth-order valence-corrected chi connectivity index (χ4v) is 3.82. The lowest BCUT2D eigenvalue weighted by Crippen LogP contribution is -2.56. The number of amides is 3. The van der Waals surface area contributed by atoms with E-state index in [-0.39, 0.29) is 5.91 Å². The Morgan fingerprint density at radius 3 is 2.10 bits per heavy atom. The maximum atomic E-state index is 13.2. The summed E-state index contributed by atoms with van der Waals surface area (Å²) in [6.45, 7) is 0.448. The minimum atomic E-state index is -0.818. The van der Waals surface area contributed by atoms with Crippen molar-refractivity contribution in [3.8, 4) is 0 Å². The van der Waals surface area contributed by atoms with Gasteiger partial charge in [0.05, 0.1) is 6.04 Å². The summed E-state index contributed by atoms with van der Waals surface area (Å²) in [7, 11) is 0. The normalized spacial score (nSPS) is 17.9. The van der Waals surface area contributed by atoms with Gasteiger partial charge >= 0.3 is 0 Å². The molecule has 0 bridgehead atoms. The van der Waals surface area contributed by atoms with Gasteiger partial charge in [0, 0.05) is 13.0 Å². The summed E-state index contributed by atoms with van der Waals surface area (Å²) in [5, 5.41) is 2.81. The molecule has 1 unspecified atom stereocenters. The van der Waals surface area contributed by atoms with E-state index < -0.39 is 29.9 Å². The van der Waals surface area contributed by atoms with Crippen LogP contribution in [0.3, 0.4) is 0 Å². The van der Waals surface area contributed by atoms with E-state index in [0.29, 0.717) is 32.2 Å². The largest absolute Gasteiger partial charge is 0.368 e. The van der Waals surface area contributed by atoms with Crippen LogP contribution in [0.25, 0.3) is 0 Å². The lowest BCUT2D eigenvalue weighted by Gasteiger charge is -2.28. The number of likely N-dealkylation sites (tertiary alicyclic amines) is 1. The molecule has 7 heteroatoms. The van der Waals surface area contributed by atoms with Gasteiger partial charge in [0.15, 0.2) is 0 Å². The lowest BCUT2D eigenvalue weighted by atomic mass is 10.0. The van der Waals surface area contributed by atoms with Crippen LogP contribution in [-0.4, -0.2) is 47.3 Å². The van der Waals surface area contributed by atoms with Gasteiger partial charge in [0.1, 0.15) is 12.1 Å². The van der Waals surface area contributed by atoms with E-state index >= 15 is 0 Å². The molecular formula is C23H28N4O3. The number of nitrogens with two attached hydrogens (primary N) is 2. The topological polar surface area (TPSA) is 119 Å². The monoisotopic (exact) mass is 408 g/mol. The molecule has 7 nitrogen and oxygen atoms in total. The van der Waals surface area contributed by atoms with Crippen molar-refractivity contribution in [1.29, 1.82) is 0 Å². The first kappa shape index (κ1) is 21.5. The quantitative estimate of drug-likeness (QED) is 0.597. The molecule has 0 saturated carbocycles. The number of nitrogens with one attached hydrogen (secondary N) is 1. The zero-order chi connectivity index (χ0) is 21.5. The SMILES string of the molecule is NC(=O)C1CCCN1C(=O)[C@H](Cc1ccccc1)NC(=O)[C@@H](N)Cc1ccccc1. The second-order valence-electron chi connectivity index (χ2n) is 7.64. The number of primary amides is 1. The molecule has 5 N–H and O–H groups in total. The summed E-state index contributed by atoms with van der Waals surface area (Å²) >= 11 is 0. The van der Waals surface area contributed by atoms with Gasteiger partial charge in [-0.25, -0.2) is 0 Å². The molecule has 0 aromatic heterocycles. The third kappa shape index (κ3) is 5.45.